The monoisotopic (exact) mass is 462 g/mol. The van der Waals surface area contributed by atoms with Crippen molar-refractivity contribution < 1.29 is 26.3 Å². The molecule has 3 aromatic rings. The van der Waals surface area contributed by atoms with E-state index in [-0.39, 0.29) is 11.1 Å². The van der Waals surface area contributed by atoms with Crippen LogP contribution in [-0.4, -0.2) is 49.4 Å². The van der Waals surface area contributed by atoms with Crippen molar-refractivity contribution in [2.75, 3.05) is 26.3 Å². The van der Waals surface area contributed by atoms with Crippen molar-refractivity contribution in [2.24, 2.45) is 0 Å². The first kappa shape index (κ1) is 21.2. The van der Waals surface area contributed by atoms with E-state index in [4.69, 9.17) is 4.74 Å². The second kappa shape index (κ2) is 7.72. The highest BCUT2D eigenvalue weighted by Gasteiger charge is 2.42. The maximum atomic E-state index is 13.6. The number of morpholine rings is 1. The number of hydrogen-bond donors (Lipinski definition) is 0. The van der Waals surface area contributed by atoms with Gasteiger partial charge in [0, 0.05) is 30.8 Å². The minimum Gasteiger partial charge on any atom is -0.379 e. The Morgan fingerprint density at radius 3 is 2.47 bits per heavy atom. The van der Waals surface area contributed by atoms with Crippen LogP contribution in [-0.2, 0) is 33.0 Å². The quantitative estimate of drug-likeness (QED) is 0.597. The molecule has 1 saturated heterocycles. The molecule has 0 spiro atoms. The molecule has 0 amide bonds. The van der Waals surface area contributed by atoms with Crippen molar-refractivity contribution in [3.63, 3.8) is 0 Å². The summed E-state index contributed by atoms with van der Waals surface area (Å²) in [5.74, 6) is -0.572. The van der Waals surface area contributed by atoms with Crippen LogP contribution in [0.1, 0.15) is 16.7 Å². The summed E-state index contributed by atoms with van der Waals surface area (Å²) < 4.78 is 73.0. The molecule has 0 aliphatic carbocycles. The standard InChI is InChI=1S/C22H19F3N3O3S/c23-22(24,25)19-3-1-2-18-20-16(14-32(29,30)21(18)19)12-26-28(20)17-6-4-15(5-7-17)13-27-8-10-31-11-9-27/h1-7H,8-11,13-14H2. The Morgan fingerprint density at radius 1 is 1.06 bits per heavy atom. The number of sulfone groups is 1. The fourth-order valence-electron chi connectivity index (χ4n) is 4.21. The number of aromatic nitrogens is 2. The third kappa shape index (κ3) is 3.72. The van der Waals surface area contributed by atoms with Crippen molar-refractivity contribution in [3.05, 3.63) is 65.4 Å². The van der Waals surface area contributed by atoms with E-state index in [0.29, 0.717) is 24.6 Å². The van der Waals surface area contributed by atoms with Gasteiger partial charge in [0.2, 0.25) is 0 Å². The van der Waals surface area contributed by atoms with Gasteiger partial charge in [-0.15, -0.1) is 0 Å². The van der Waals surface area contributed by atoms with Gasteiger partial charge in [-0.1, -0.05) is 24.3 Å². The molecule has 1 radical (unpaired) electrons. The molecule has 2 aromatic carbocycles. The van der Waals surface area contributed by atoms with Crippen LogP contribution < -0.4 is 0 Å². The highest BCUT2D eigenvalue weighted by molar-refractivity contribution is 7.91. The third-order valence-corrected chi connectivity index (χ3v) is 7.42. The van der Waals surface area contributed by atoms with Gasteiger partial charge >= 0.3 is 6.18 Å². The number of hydrogen-bond acceptors (Lipinski definition) is 5. The molecule has 2 aliphatic heterocycles. The zero-order chi connectivity index (χ0) is 22.5. The summed E-state index contributed by atoms with van der Waals surface area (Å²) in [6.07, 6.45) is -2.10. The topological polar surface area (TPSA) is 64.4 Å². The molecule has 10 heteroatoms. The smallest absolute Gasteiger partial charge is 0.379 e. The lowest BCUT2D eigenvalue weighted by atomic mass is 10.0. The van der Waals surface area contributed by atoms with Crippen molar-refractivity contribution in [1.29, 1.82) is 0 Å². The lowest BCUT2D eigenvalue weighted by Gasteiger charge is -2.26. The van der Waals surface area contributed by atoms with Gasteiger partial charge < -0.3 is 4.74 Å². The van der Waals surface area contributed by atoms with Crippen molar-refractivity contribution in [1.82, 2.24) is 14.7 Å². The van der Waals surface area contributed by atoms with Crippen LogP contribution >= 0.6 is 0 Å². The summed E-state index contributed by atoms with van der Waals surface area (Å²) >= 11 is 0. The van der Waals surface area contributed by atoms with Gasteiger partial charge in [0.1, 0.15) is 6.20 Å². The number of halogens is 3. The van der Waals surface area contributed by atoms with E-state index in [1.54, 1.807) is 0 Å². The van der Waals surface area contributed by atoms with Gasteiger partial charge in [0.05, 0.1) is 40.8 Å². The molecule has 1 fully saturated rings. The van der Waals surface area contributed by atoms with Crippen LogP contribution in [0.4, 0.5) is 13.2 Å². The zero-order valence-corrected chi connectivity index (χ0v) is 17.7. The Balaban J connectivity index is 1.55. The molecule has 2 aliphatic rings. The SMILES string of the molecule is O=S1(=O)Cc2[c]nn(-c3ccc(CN4CCOCC4)cc3)c2-c2cccc(C(F)(F)F)c21. The summed E-state index contributed by atoms with van der Waals surface area (Å²) in [4.78, 5) is 1.58. The number of alkyl halides is 3. The lowest BCUT2D eigenvalue weighted by Crippen LogP contribution is -2.35. The maximum Gasteiger partial charge on any atom is 0.417 e. The number of rotatable bonds is 3. The third-order valence-electron chi connectivity index (χ3n) is 5.69. The molecule has 6 nitrogen and oxygen atoms in total. The average Bonchev–Trinajstić information content (AvgIpc) is 3.17. The van der Waals surface area contributed by atoms with E-state index in [0.717, 1.165) is 31.3 Å². The first-order valence-electron chi connectivity index (χ1n) is 10.1. The van der Waals surface area contributed by atoms with E-state index in [1.807, 2.05) is 24.3 Å². The first-order valence-corrected chi connectivity index (χ1v) is 11.7. The van der Waals surface area contributed by atoms with Crippen LogP contribution in [0.5, 0.6) is 0 Å². The lowest BCUT2D eigenvalue weighted by molar-refractivity contribution is -0.139. The second-order valence-electron chi connectivity index (χ2n) is 7.84. The predicted octanol–water partition coefficient (Wildman–Crippen LogP) is 3.48. The molecule has 5 rings (SSSR count). The highest BCUT2D eigenvalue weighted by atomic mass is 32.2. The highest BCUT2D eigenvalue weighted by Crippen LogP contribution is 2.45. The zero-order valence-electron chi connectivity index (χ0n) is 16.9. The van der Waals surface area contributed by atoms with E-state index in [9.17, 15) is 21.6 Å². The Kier molecular flexibility index (Phi) is 5.11. The number of ether oxygens (including phenoxy) is 1. The molecule has 3 heterocycles. The first-order chi connectivity index (χ1) is 15.2. The van der Waals surface area contributed by atoms with Crippen molar-refractivity contribution in [2.45, 2.75) is 23.4 Å². The summed E-state index contributed by atoms with van der Waals surface area (Å²) in [6.45, 7) is 3.89. The fraction of sp³-hybridized carbons (Fsp3) is 0.318. The largest absolute Gasteiger partial charge is 0.417 e. The molecule has 0 bridgehead atoms. The van der Waals surface area contributed by atoms with Gasteiger partial charge in [-0.05, 0) is 23.8 Å². The fourth-order valence-corrected chi connectivity index (χ4v) is 5.95. The van der Waals surface area contributed by atoms with Gasteiger partial charge in [-0.3, -0.25) is 4.90 Å². The Hall–Kier alpha value is -2.69. The molecule has 0 saturated carbocycles. The average molecular weight is 462 g/mol. The normalized spacial score (nSPS) is 18.2. The molecule has 0 unspecified atom stereocenters. The van der Waals surface area contributed by atoms with Crippen LogP contribution in [0, 0.1) is 6.20 Å². The van der Waals surface area contributed by atoms with Crippen LogP contribution in [0.15, 0.2) is 47.4 Å². The molecule has 167 valence electrons. The predicted molar refractivity (Wildman–Crippen MR) is 110 cm³/mol. The van der Waals surface area contributed by atoms with Crippen molar-refractivity contribution in [3.8, 4) is 16.9 Å². The Morgan fingerprint density at radius 2 is 1.78 bits per heavy atom. The summed E-state index contributed by atoms with van der Waals surface area (Å²) in [5.41, 5.74) is 1.12. The molecule has 0 N–H and O–H groups in total. The Bertz CT molecular complexity index is 1260. The second-order valence-corrected chi connectivity index (χ2v) is 9.77. The molecule has 32 heavy (non-hydrogen) atoms. The van der Waals surface area contributed by atoms with Gasteiger partial charge in [0.25, 0.3) is 0 Å². The number of nitrogens with zero attached hydrogens (tertiary/aromatic N) is 3. The molecular formula is C22H19F3N3O3S. The summed E-state index contributed by atoms with van der Waals surface area (Å²) in [6, 6.07) is 10.9. The van der Waals surface area contributed by atoms with E-state index in [1.165, 1.54) is 16.8 Å². The van der Waals surface area contributed by atoms with Crippen LogP contribution in [0.2, 0.25) is 0 Å². The Labute approximate surface area is 183 Å². The number of benzene rings is 2. The summed E-state index contributed by atoms with van der Waals surface area (Å²) in [7, 11) is -4.18. The number of fused-ring (bicyclic) bond motifs is 3. The minimum atomic E-state index is -4.79. The van der Waals surface area contributed by atoms with Crippen molar-refractivity contribution >= 4 is 9.84 Å². The van der Waals surface area contributed by atoms with Gasteiger partial charge in [-0.2, -0.15) is 18.3 Å². The molecular weight excluding hydrogens is 443 g/mol. The van der Waals surface area contributed by atoms with Crippen LogP contribution in [0.3, 0.4) is 0 Å². The minimum absolute atomic E-state index is 0.00721. The van der Waals surface area contributed by atoms with Gasteiger partial charge in [0.15, 0.2) is 9.84 Å². The van der Waals surface area contributed by atoms with Gasteiger partial charge in [-0.25, -0.2) is 13.1 Å². The van der Waals surface area contributed by atoms with E-state index in [2.05, 4.69) is 16.2 Å². The maximum absolute atomic E-state index is 13.6. The van der Waals surface area contributed by atoms with E-state index < -0.39 is 32.2 Å². The summed E-state index contributed by atoms with van der Waals surface area (Å²) in [5, 5.41) is 4.19. The molecule has 1 aromatic heterocycles. The van der Waals surface area contributed by atoms with E-state index >= 15 is 0 Å². The molecule has 0 atom stereocenters. The van der Waals surface area contributed by atoms with Crippen LogP contribution in [0.25, 0.3) is 16.9 Å².